The van der Waals surface area contributed by atoms with Gasteiger partial charge in [-0.25, -0.2) is 4.79 Å². The van der Waals surface area contributed by atoms with Gasteiger partial charge in [-0.15, -0.1) is 0 Å². The van der Waals surface area contributed by atoms with Gasteiger partial charge in [0.05, 0.1) is 5.56 Å². The molecule has 0 aromatic heterocycles. The number of carboxylic acid groups (broad SMARTS) is 1. The molecule has 0 bridgehead atoms. The molecule has 2 N–H and O–H groups in total. The molecule has 0 saturated heterocycles. The lowest BCUT2D eigenvalue weighted by molar-refractivity contribution is 0.0696. The highest BCUT2D eigenvalue weighted by Crippen LogP contribution is 2.12. The average Bonchev–Trinajstić information content (AvgIpc) is 2.26. The summed E-state index contributed by atoms with van der Waals surface area (Å²) in [5.74, 6) is -0.872. The van der Waals surface area contributed by atoms with Crippen molar-refractivity contribution in [2.75, 3.05) is 13.6 Å². The van der Waals surface area contributed by atoms with Crippen LogP contribution in [0, 0.1) is 6.92 Å². The van der Waals surface area contributed by atoms with Crippen molar-refractivity contribution in [1.29, 1.82) is 0 Å². The molecule has 0 aliphatic carbocycles. The standard InChI is InChI=1S/C13H17NO2/c1-10-6-7-11(5-3-4-8-14-2)9-12(10)13(15)16/h3,5-7,9,14H,4,8H2,1-2H3,(H,15,16). The number of aromatic carboxylic acids is 1. The fraction of sp³-hybridized carbons (Fsp3) is 0.308. The second-order valence-electron chi connectivity index (χ2n) is 3.67. The van der Waals surface area contributed by atoms with Crippen molar-refractivity contribution in [3.8, 4) is 0 Å². The van der Waals surface area contributed by atoms with Gasteiger partial charge in [-0.3, -0.25) is 0 Å². The minimum atomic E-state index is -0.872. The highest BCUT2D eigenvalue weighted by Gasteiger charge is 2.06. The normalized spacial score (nSPS) is 10.9. The molecule has 0 atom stereocenters. The zero-order valence-electron chi connectivity index (χ0n) is 9.66. The van der Waals surface area contributed by atoms with Crippen LogP contribution in [0.5, 0.6) is 0 Å². The molecule has 0 heterocycles. The molecule has 0 amide bonds. The zero-order chi connectivity index (χ0) is 12.0. The van der Waals surface area contributed by atoms with Crippen LogP contribution in [0.25, 0.3) is 6.08 Å². The number of rotatable bonds is 5. The second-order valence-corrected chi connectivity index (χ2v) is 3.67. The SMILES string of the molecule is CNCCC=Cc1ccc(C)c(C(=O)O)c1. The van der Waals surface area contributed by atoms with Gasteiger partial charge in [0.25, 0.3) is 0 Å². The van der Waals surface area contributed by atoms with E-state index in [0.29, 0.717) is 5.56 Å². The third kappa shape index (κ3) is 3.51. The maximum Gasteiger partial charge on any atom is 0.335 e. The summed E-state index contributed by atoms with van der Waals surface area (Å²) in [7, 11) is 1.91. The maximum atomic E-state index is 10.9. The Morgan fingerprint density at radius 2 is 2.25 bits per heavy atom. The summed E-state index contributed by atoms with van der Waals surface area (Å²) >= 11 is 0. The Kier molecular flexibility index (Phi) is 4.73. The summed E-state index contributed by atoms with van der Waals surface area (Å²) < 4.78 is 0. The Hall–Kier alpha value is -1.61. The summed E-state index contributed by atoms with van der Waals surface area (Å²) in [5.41, 5.74) is 2.09. The minimum Gasteiger partial charge on any atom is -0.478 e. The topological polar surface area (TPSA) is 49.3 Å². The van der Waals surface area contributed by atoms with E-state index >= 15 is 0 Å². The lowest BCUT2D eigenvalue weighted by atomic mass is 10.0. The van der Waals surface area contributed by atoms with Crippen molar-refractivity contribution in [2.24, 2.45) is 0 Å². The van der Waals surface area contributed by atoms with Gasteiger partial charge in [0.1, 0.15) is 0 Å². The van der Waals surface area contributed by atoms with Crippen LogP contribution in [0.1, 0.15) is 27.9 Å². The minimum absolute atomic E-state index is 0.371. The fourth-order valence-electron chi connectivity index (χ4n) is 1.42. The summed E-state index contributed by atoms with van der Waals surface area (Å²) in [6.07, 6.45) is 4.92. The monoisotopic (exact) mass is 219 g/mol. The van der Waals surface area contributed by atoms with Crippen molar-refractivity contribution < 1.29 is 9.90 Å². The first-order chi connectivity index (χ1) is 7.65. The van der Waals surface area contributed by atoms with E-state index in [9.17, 15) is 4.79 Å². The van der Waals surface area contributed by atoms with Crippen LogP contribution in [-0.4, -0.2) is 24.7 Å². The predicted molar refractivity (Wildman–Crippen MR) is 65.7 cm³/mol. The number of aryl methyl sites for hydroxylation is 1. The first-order valence-corrected chi connectivity index (χ1v) is 5.30. The Morgan fingerprint density at radius 1 is 1.50 bits per heavy atom. The molecule has 0 radical (unpaired) electrons. The van der Waals surface area contributed by atoms with E-state index in [1.54, 1.807) is 13.0 Å². The Labute approximate surface area is 95.8 Å². The van der Waals surface area contributed by atoms with Gasteiger partial charge in [-0.2, -0.15) is 0 Å². The van der Waals surface area contributed by atoms with E-state index < -0.39 is 5.97 Å². The summed E-state index contributed by atoms with van der Waals surface area (Å²) in [5, 5.41) is 12.0. The third-order valence-electron chi connectivity index (χ3n) is 2.36. The van der Waals surface area contributed by atoms with Gasteiger partial charge in [0.15, 0.2) is 0 Å². The number of hydrogen-bond acceptors (Lipinski definition) is 2. The number of carboxylic acids is 1. The molecule has 1 aromatic carbocycles. The van der Waals surface area contributed by atoms with E-state index in [2.05, 4.69) is 5.32 Å². The van der Waals surface area contributed by atoms with Gasteiger partial charge < -0.3 is 10.4 Å². The summed E-state index contributed by atoms with van der Waals surface area (Å²) in [4.78, 5) is 10.9. The largest absolute Gasteiger partial charge is 0.478 e. The van der Waals surface area contributed by atoms with Crippen molar-refractivity contribution in [1.82, 2.24) is 5.32 Å². The average molecular weight is 219 g/mol. The lowest BCUT2D eigenvalue weighted by Gasteiger charge is -2.01. The van der Waals surface area contributed by atoms with Gasteiger partial charge in [0, 0.05) is 0 Å². The molecule has 0 aliphatic heterocycles. The van der Waals surface area contributed by atoms with E-state index in [4.69, 9.17) is 5.11 Å². The van der Waals surface area contributed by atoms with Crippen molar-refractivity contribution in [3.63, 3.8) is 0 Å². The molecule has 86 valence electrons. The van der Waals surface area contributed by atoms with Gasteiger partial charge in [-0.1, -0.05) is 24.3 Å². The molecule has 0 saturated carbocycles. The molecule has 3 nitrogen and oxygen atoms in total. The Balaban J connectivity index is 2.78. The fourth-order valence-corrected chi connectivity index (χ4v) is 1.42. The predicted octanol–water partition coefficient (Wildman–Crippen LogP) is 2.32. The molecule has 0 spiro atoms. The van der Waals surface area contributed by atoms with Crippen molar-refractivity contribution >= 4 is 12.0 Å². The van der Waals surface area contributed by atoms with Crippen LogP contribution in [0.15, 0.2) is 24.3 Å². The molecular weight excluding hydrogens is 202 g/mol. The van der Waals surface area contributed by atoms with Crippen LogP contribution in [0.4, 0.5) is 0 Å². The summed E-state index contributed by atoms with van der Waals surface area (Å²) in [6, 6.07) is 5.46. The van der Waals surface area contributed by atoms with Gasteiger partial charge >= 0.3 is 5.97 Å². The molecule has 0 fully saturated rings. The Morgan fingerprint density at radius 3 is 2.88 bits per heavy atom. The number of carbonyl (C=O) groups is 1. The van der Waals surface area contributed by atoms with Crippen LogP contribution in [0.2, 0.25) is 0 Å². The zero-order valence-corrected chi connectivity index (χ0v) is 9.66. The number of benzene rings is 1. The van der Waals surface area contributed by atoms with E-state index in [1.165, 1.54) is 0 Å². The summed E-state index contributed by atoms with van der Waals surface area (Å²) in [6.45, 7) is 2.73. The van der Waals surface area contributed by atoms with Crippen LogP contribution in [-0.2, 0) is 0 Å². The smallest absolute Gasteiger partial charge is 0.335 e. The van der Waals surface area contributed by atoms with E-state index in [0.717, 1.165) is 24.1 Å². The van der Waals surface area contributed by atoms with Gasteiger partial charge in [-0.05, 0) is 44.1 Å². The third-order valence-corrected chi connectivity index (χ3v) is 2.36. The van der Waals surface area contributed by atoms with E-state index in [1.807, 2.05) is 31.3 Å². The van der Waals surface area contributed by atoms with E-state index in [-0.39, 0.29) is 0 Å². The van der Waals surface area contributed by atoms with Gasteiger partial charge in [0.2, 0.25) is 0 Å². The maximum absolute atomic E-state index is 10.9. The first kappa shape index (κ1) is 12.5. The highest BCUT2D eigenvalue weighted by atomic mass is 16.4. The highest BCUT2D eigenvalue weighted by molar-refractivity contribution is 5.90. The van der Waals surface area contributed by atoms with Crippen LogP contribution < -0.4 is 5.32 Å². The quantitative estimate of drug-likeness (QED) is 0.747. The molecule has 1 aromatic rings. The Bertz CT molecular complexity index is 397. The molecule has 1 rings (SSSR count). The molecule has 0 aliphatic rings. The molecule has 3 heteroatoms. The molecular formula is C13H17NO2. The van der Waals surface area contributed by atoms with Crippen LogP contribution >= 0.6 is 0 Å². The molecule has 16 heavy (non-hydrogen) atoms. The van der Waals surface area contributed by atoms with Crippen molar-refractivity contribution in [3.05, 3.63) is 41.0 Å². The number of nitrogens with one attached hydrogen (secondary N) is 1. The first-order valence-electron chi connectivity index (χ1n) is 5.30. The molecule has 0 unspecified atom stereocenters. The lowest BCUT2D eigenvalue weighted by Crippen LogP contribution is -2.05. The van der Waals surface area contributed by atoms with Crippen LogP contribution in [0.3, 0.4) is 0 Å². The van der Waals surface area contributed by atoms with Crippen molar-refractivity contribution in [2.45, 2.75) is 13.3 Å². The number of hydrogen-bond donors (Lipinski definition) is 2. The second kappa shape index (κ2) is 6.08.